The number of carbonyl (C=O) groups is 2. The highest BCUT2D eigenvalue weighted by Crippen LogP contribution is 2.06. The van der Waals surface area contributed by atoms with Crippen LogP contribution < -0.4 is 10.6 Å². The van der Waals surface area contributed by atoms with E-state index < -0.39 is 11.5 Å². The van der Waals surface area contributed by atoms with Crippen molar-refractivity contribution in [3.8, 4) is 0 Å². The van der Waals surface area contributed by atoms with Crippen molar-refractivity contribution < 1.29 is 14.3 Å². The Morgan fingerprint density at radius 2 is 1.79 bits per heavy atom. The quantitative estimate of drug-likeness (QED) is 0.807. The van der Waals surface area contributed by atoms with Crippen molar-refractivity contribution in [3.05, 3.63) is 30.3 Å². The van der Waals surface area contributed by atoms with Crippen molar-refractivity contribution in [2.24, 2.45) is 0 Å². The Hall–Kier alpha value is -1.75. The van der Waals surface area contributed by atoms with Gasteiger partial charge in [0.05, 0.1) is 13.7 Å². The Kier molecular flexibility index (Phi) is 6.93. The Morgan fingerprint density at radius 3 is 2.32 bits per heavy atom. The summed E-state index contributed by atoms with van der Waals surface area (Å²) in [7, 11) is 1.29. The predicted molar refractivity (Wildman–Crippen MR) is 76.4 cm³/mol. The first kappa shape index (κ1) is 17.2. The van der Waals surface area contributed by atoms with Gasteiger partial charge in [-0.25, -0.2) is 4.79 Å². The highest BCUT2D eigenvalue weighted by atomic mass is 35.5. The zero-order valence-electron chi connectivity index (χ0n) is 11.2. The number of hydrogen-bond acceptors (Lipinski definition) is 4. The molecule has 0 fully saturated rings. The molecule has 0 aliphatic rings. The molecule has 1 aromatic rings. The van der Waals surface area contributed by atoms with Gasteiger partial charge in [0.2, 0.25) is 5.91 Å². The van der Waals surface area contributed by atoms with Crippen molar-refractivity contribution in [2.75, 3.05) is 19.0 Å². The van der Waals surface area contributed by atoms with Gasteiger partial charge in [-0.2, -0.15) is 0 Å². The molecule has 0 heterocycles. The highest BCUT2D eigenvalue weighted by molar-refractivity contribution is 5.89. The van der Waals surface area contributed by atoms with Gasteiger partial charge in [0.15, 0.2) is 0 Å². The minimum absolute atomic E-state index is 0. The second-order valence-electron chi connectivity index (χ2n) is 4.38. The SMILES string of the molecule is COC(=O)C(C)(C)NC(=O)CNc1ccccc1.Cl. The monoisotopic (exact) mass is 286 g/mol. The third-order valence-electron chi connectivity index (χ3n) is 2.37. The molecular formula is C13H19ClN2O3. The summed E-state index contributed by atoms with van der Waals surface area (Å²) in [5.74, 6) is -0.746. The lowest BCUT2D eigenvalue weighted by molar-refractivity contribution is -0.149. The second-order valence-corrected chi connectivity index (χ2v) is 4.38. The second kappa shape index (κ2) is 7.63. The summed E-state index contributed by atoms with van der Waals surface area (Å²) < 4.78 is 4.60. The molecule has 0 bridgehead atoms. The first-order chi connectivity index (χ1) is 8.45. The number of halogens is 1. The zero-order valence-corrected chi connectivity index (χ0v) is 12.0. The molecular weight excluding hydrogens is 268 g/mol. The summed E-state index contributed by atoms with van der Waals surface area (Å²) in [6.45, 7) is 3.29. The Labute approximate surface area is 119 Å². The molecule has 0 saturated carbocycles. The molecule has 0 aliphatic heterocycles. The summed E-state index contributed by atoms with van der Waals surface area (Å²) in [6.07, 6.45) is 0. The summed E-state index contributed by atoms with van der Waals surface area (Å²) >= 11 is 0. The molecule has 0 radical (unpaired) electrons. The van der Waals surface area contributed by atoms with Crippen LogP contribution in [-0.2, 0) is 14.3 Å². The van der Waals surface area contributed by atoms with Crippen molar-refractivity contribution in [1.82, 2.24) is 5.32 Å². The minimum atomic E-state index is -1.02. The molecule has 5 nitrogen and oxygen atoms in total. The van der Waals surface area contributed by atoms with Crippen LogP contribution in [0.25, 0.3) is 0 Å². The smallest absolute Gasteiger partial charge is 0.330 e. The summed E-state index contributed by atoms with van der Waals surface area (Å²) in [6, 6.07) is 9.36. The molecule has 0 aliphatic carbocycles. The van der Waals surface area contributed by atoms with Gasteiger partial charge in [0.25, 0.3) is 0 Å². The van der Waals surface area contributed by atoms with Crippen LogP contribution in [0, 0.1) is 0 Å². The lowest BCUT2D eigenvalue weighted by Crippen LogP contribution is -2.51. The summed E-state index contributed by atoms with van der Waals surface area (Å²) in [4.78, 5) is 23.1. The van der Waals surface area contributed by atoms with Crippen LogP contribution in [0.5, 0.6) is 0 Å². The third-order valence-corrected chi connectivity index (χ3v) is 2.37. The van der Waals surface area contributed by atoms with Gasteiger partial charge in [0, 0.05) is 5.69 Å². The van der Waals surface area contributed by atoms with Gasteiger partial charge in [-0.3, -0.25) is 4.79 Å². The van der Waals surface area contributed by atoms with Crippen LogP contribution in [0.15, 0.2) is 30.3 Å². The van der Waals surface area contributed by atoms with Crippen LogP contribution in [0.4, 0.5) is 5.69 Å². The number of anilines is 1. The van der Waals surface area contributed by atoms with Crippen LogP contribution >= 0.6 is 12.4 Å². The molecule has 6 heteroatoms. The topological polar surface area (TPSA) is 67.4 Å². The van der Waals surface area contributed by atoms with Crippen LogP contribution in [0.3, 0.4) is 0 Å². The number of methoxy groups -OCH3 is 1. The highest BCUT2D eigenvalue weighted by Gasteiger charge is 2.30. The first-order valence-corrected chi connectivity index (χ1v) is 5.64. The first-order valence-electron chi connectivity index (χ1n) is 5.64. The average Bonchev–Trinajstić information content (AvgIpc) is 2.36. The Bertz CT molecular complexity index is 421. The minimum Gasteiger partial charge on any atom is -0.467 e. The summed E-state index contributed by atoms with van der Waals surface area (Å²) in [5, 5.41) is 5.56. The number of ether oxygens (including phenoxy) is 1. The van der Waals surface area contributed by atoms with Gasteiger partial charge in [-0.05, 0) is 26.0 Å². The van der Waals surface area contributed by atoms with E-state index in [9.17, 15) is 9.59 Å². The third kappa shape index (κ3) is 5.61. The fraction of sp³-hybridized carbons (Fsp3) is 0.385. The molecule has 1 aromatic carbocycles. The Balaban J connectivity index is 0.00000324. The molecule has 0 atom stereocenters. The Morgan fingerprint density at radius 1 is 1.21 bits per heavy atom. The van der Waals surface area contributed by atoms with Crippen LogP contribution in [0.2, 0.25) is 0 Å². The molecule has 1 amide bonds. The maximum atomic E-state index is 11.7. The van der Waals surface area contributed by atoms with Gasteiger partial charge in [-0.15, -0.1) is 12.4 Å². The number of amides is 1. The van der Waals surface area contributed by atoms with Gasteiger partial charge < -0.3 is 15.4 Å². The molecule has 1 rings (SSSR count). The van der Waals surface area contributed by atoms with E-state index in [1.54, 1.807) is 13.8 Å². The largest absolute Gasteiger partial charge is 0.467 e. The summed E-state index contributed by atoms with van der Waals surface area (Å²) in [5.41, 5.74) is -0.173. The maximum Gasteiger partial charge on any atom is 0.330 e. The van der Waals surface area contributed by atoms with Gasteiger partial charge in [0.1, 0.15) is 5.54 Å². The van der Waals surface area contributed by atoms with E-state index >= 15 is 0 Å². The van der Waals surface area contributed by atoms with Crippen molar-refractivity contribution >= 4 is 30.0 Å². The molecule has 19 heavy (non-hydrogen) atoms. The standard InChI is InChI=1S/C13H18N2O3.ClH/c1-13(2,12(17)18-3)15-11(16)9-14-10-7-5-4-6-8-10;/h4-8,14H,9H2,1-3H3,(H,15,16);1H. The molecule has 0 saturated heterocycles. The number of carbonyl (C=O) groups excluding carboxylic acids is 2. The number of rotatable bonds is 5. The van der Waals surface area contributed by atoms with E-state index in [4.69, 9.17) is 0 Å². The van der Waals surface area contributed by atoms with E-state index in [-0.39, 0.29) is 24.9 Å². The van der Waals surface area contributed by atoms with E-state index in [1.807, 2.05) is 30.3 Å². The fourth-order valence-corrected chi connectivity index (χ4v) is 1.44. The number of nitrogens with one attached hydrogen (secondary N) is 2. The van der Waals surface area contributed by atoms with Crippen LogP contribution in [-0.4, -0.2) is 31.1 Å². The molecule has 0 unspecified atom stereocenters. The lowest BCUT2D eigenvalue weighted by Gasteiger charge is -2.23. The number of hydrogen-bond donors (Lipinski definition) is 2. The fourth-order valence-electron chi connectivity index (χ4n) is 1.44. The molecule has 0 spiro atoms. The van der Waals surface area contributed by atoms with E-state index in [0.29, 0.717) is 0 Å². The van der Waals surface area contributed by atoms with Crippen molar-refractivity contribution in [3.63, 3.8) is 0 Å². The average molecular weight is 287 g/mol. The molecule has 0 aromatic heterocycles. The van der Waals surface area contributed by atoms with Crippen LogP contribution in [0.1, 0.15) is 13.8 Å². The number of esters is 1. The van der Waals surface area contributed by atoms with Crippen molar-refractivity contribution in [2.45, 2.75) is 19.4 Å². The van der Waals surface area contributed by atoms with E-state index in [2.05, 4.69) is 15.4 Å². The molecule has 2 N–H and O–H groups in total. The van der Waals surface area contributed by atoms with Crippen molar-refractivity contribution in [1.29, 1.82) is 0 Å². The number of para-hydroxylation sites is 1. The zero-order chi connectivity index (χ0) is 13.6. The predicted octanol–water partition coefficient (Wildman–Crippen LogP) is 1.59. The van der Waals surface area contributed by atoms with Gasteiger partial charge in [-0.1, -0.05) is 18.2 Å². The normalized spacial score (nSPS) is 10.1. The molecule has 106 valence electrons. The maximum absolute atomic E-state index is 11.7. The van der Waals surface area contributed by atoms with E-state index in [0.717, 1.165) is 5.69 Å². The van der Waals surface area contributed by atoms with Gasteiger partial charge >= 0.3 is 5.97 Å². The lowest BCUT2D eigenvalue weighted by atomic mass is 10.1. The number of benzene rings is 1. The van der Waals surface area contributed by atoms with E-state index in [1.165, 1.54) is 7.11 Å².